The molecule has 0 spiro atoms. The van der Waals surface area contributed by atoms with E-state index >= 15 is 0 Å². The lowest BCUT2D eigenvalue weighted by molar-refractivity contribution is -0.155. The standard InChI is InChI=1S/C19H32ClN3O6/c1-10(2)8-12(21-18(26)28-19(5,6)7)16(24)22-15(17(25)27-11(3)4)13-9-14(20)23-29-13/h10-13,15H,8-9H2,1-7H3,(H,21,26)(H,22,24). The molecule has 1 aliphatic heterocycles. The first-order valence-corrected chi connectivity index (χ1v) is 10.0. The third-order valence-electron chi connectivity index (χ3n) is 3.65. The summed E-state index contributed by atoms with van der Waals surface area (Å²) < 4.78 is 10.5. The number of alkyl carbamates (subject to hydrolysis) is 1. The monoisotopic (exact) mass is 433 g/mol. The number of hydrogen-bond acceptors (Lipinski definition) is 7. The lowest BCUT2D eigenvalue weighted by atomic mass is 10.0. The summed E-state index contributed by atoms with van der Waals surface area (Å²) >= 11 is 5.85. The van der Waals surface area contributed by atoms with Crippen LogP contribution in [0.4, 0.5) is 4.79 Å². The van der Waals surface area contributed by atoms with E-state index < -0.39 is 41.8 Å². The Kier molecular flexibility index (Phi) is 9.19. The van der Waals surface area contributed by atoms with Crippen LogP contribution in [0.3, 0.4) is 0 Å². The minimum Gasteiger partial charge on any atom is -0.461 e. The number of esters is 1. The molecule has 9 nitrogen and oxygen atoms in total. The first-order chi connectivity index (χ1) is 13.3. The van der Waals surface area contributed by atoms with Gasteiger partial charge >= 0.3 is 12.1 Å². The van der Waals surface area contributed by atoms with E-state index in [2.05, 4.69) is 15.8 Å². The second-order valence-corrected chi connectivity index (χ2v) is 9.05. The highest BCUT2D eigenvalue weighted by Gasteiger charge is 2.39. The van der Waals surface area contributed by atoms with Gasteiger partial charge in [-0.25, -0.2) is 9.59 Å². The first kappa shape index (κ1) is 25.0. The number of rotatable bonds is 8. The Hall–Kier alpha value is -2.03. The maximum Gasteiger partial charge on any atom is 0.408 e. The summed E-state index contributed by atoms with van der Waals surface area (Å²) in [6.07, 6.45) is -1.39. The Labute approximate surface area is 176 Å². The van der Waals surface area contributed by atoms with Crippen molar-refractivity contribution in [3.8, 4) is 0 Å². The highest BCUT2D eigenvalue weighted by Crippen LogP contribution is 2.18. The topological polar surface area (TPSA) is 115 Å². The van der Waals surface area contributed by atoms with Gasteiger partial charge in [-0.1, -0.05) is 30.6 Å². The van der Waals surface area contributed by atoms with E-state index in [0.717, 1.165) is 0 Å². The van der Waals surface area contributed by atoms with Crippen molar-refractivity contribution in [2.75, 3.05) is 0 Å². The van der Waals surface area contributed by atoms with Gasteiger partial charge in [0.15, 0.2) is 12.1 Å². The molecule has 0 saturated carbocycles. The minimum absolute atomic E-state index is 0.0993. The third kappa shape index (κ3) is 9.34. The second kappa shape index (κ2) is 10.7. The molecule has 0 bridgehead atoms. The number of amides is 2. The SMILES string of the molecule is CC(C)CC(NC(=O)OC(C)(C)C)C(=O)NC(C(=O)OC(C)C)C1CC(Cl)=NO1. The molecule has 0 aromatic carbocycles. The normalized spacial score (nSPS) is 18.6. The highest BCUT2D eigenvalue weighted by molar-refractivity contribution is 6.65. The summed E-state index contributed by atoms with van der Waals surface area (Å²) in [5, 5.41) is 9.00. The van der Waals surface area contributed by atoms with E-state index in [-0.39, 0.29) is 23.6 Å². The summed E-state index contributed by atoms with van der Waals surface area (Å²) in [6.45, 7) is 12.4. The van der Waals surface area contributed by atoms with Crippen LogP contribution in [-0.2, 0) is 23.9 Å². The summed E-state index contributed by atoms with van der Waals surface area (Å²) in [5.41, 5.74) is -0.710. The molecule has 29 heavy (non-hydrogen) atoms. The summed E-state index contributed by atoms with van der Waals surface area (Å²) in [6, 6.07) is -2.03. The molecule has 0 aliphatic carbocycles. The molecular formula is C19H32ClN3O6. The molecule has 3 atom stereocenters. The number of hydrogen-bond donors (Lipinski definition) is 2. The zero-order valence-corrected chi connectivity index (χ0v) is 18.8. The van der Waals surface area contributed by atoms with E-state index in [1.165, 1.54) is 0 Å². The summed E-state index contributed by atoms with van der Waals surface area (Å²) in [7, 11) is 0. The number of carbonyl (C=O) groups is 3. The van der Waals surface area contributed by atoms with Gasteiger partial charge in [-0.05, 0) is 47.0 Å². The summed E-state index contributed by atoms with van der Waals surface area (Å²) in [4.78, 5) is 42.7. The van der Waals surface area contributed by atoms with Gasteiger partial charge in [0.2, 0.25) is 5.91 Å². The van der Waals surface area contributed by atoms with Crippen LogP contribution in [-0.4, -0.2) is 53.0 Å². The minimum atomic E-state index is -1.13. The highest BCUT2D eigenvalue weighted by atomic mass is 35.5. The molecular weight excluding hydrogens is 402 g/mol. The molecule has 2 N–H and O–H groups in total. The van der Waals surface area contributed by atoms with Crippen LogP contribution < -0.4 is 10.6 Å². The predicted octanol–water partition coefficient (Wildman–Crippen LogP) is 2.70. The first-order valence-electron chi connectivity index (χ1n) is 9.67. The van der Waals surface area contributed by atoms with E-state index in [4.69, 9.17) is 25.9 Å². The van der Waals surface area contributed by atoms with Gasteiger partial charge in [-0.3, -0.25) is 4.79 Å². The van der Waals surface area contributed by atoms with Crippen LogP contribution in [0.2, 0.25) is 0 Å². The molecule has 0 saturated heterocycles. The Bertz CT molecular complexity index is 630. The van der Waals surface area contributed by atoms with Gasteiger partial charge in [0.25, 0.3) is 0 Å². The average molecular weight is 434 g/mol. The smallest absolute Gasteiger partial charge is 0.408 e. The maximum atomic E-state index is 12.9. The molecule has 2 amide bonds. The van der Waals surface area contributed by atoms with Crippen molar-refractivity contribution >= 4 is 34.7 Å². The lowest BCUT2D eigenvalue weighted by Gasteiger charge is -2.27. The van der Waals surface area contributed by atoms with Crippen molar-refractivity contribution in [2.24, 2.45) is 11.1 Å². The second-order valence-electron chi connectivity index (χ2n) is 8.62. The molecule has 0 fully saturated rings. The predicted molar refractivity (Wildman–Crippen MR) is 109 cm³/mol. The van der Waals surface area contributed by atoms with E-state index in [9.17, 15) is 14.4 Å². The molecule has 3 unspecified atom stereocenters. The van der Waals surface area contributed by atoms with E-state index in [0.29, 0.717) is 6.42 Å². The van der Waals surface area contributed by atoms with Crippen LogP contribution in [0.25, 0.3) is 0 Å². The fourth-order valence-electron chi connectivity index (χ4n) is 2.56. The quantitative estimate of drug-likeness (QED) is 0.568. The zero-order chi connectivity index (χ0) is 22.4. The van der Waals surface area contributed by atoms with E-state index in [1.807, 2.05) is 13.8 Å². The van der Waals surface area contributed by atoms with Crippen molar-refractivity contribution in [1.29, 1.82) is 0 Å². The van der Waals surface area contributed by atoms with Crippen molar-refractivity contribution in [3.63, 3.8) is 0 Å². The third-order valence-corrected chi connectivity index (χ3v) is 3.87. The maximum absolute atomic E-state index is 12.9. The molecule has 166 valence electrons. The van der Waals surface area contributed by atoms with Crippen LogP contribution >= 0.6 is 11.6 Å². The largest absolute Gasteiger partial charge is 0.461 e. The zero-order valence-electron chi connectivity index (χ0n) is 18.1. The average Bonchev–Trinajstić information content (AvgIpc) is 2.94. The Morgan fingerprint density at radius 1 is 1.21 bits per heavy atom. The van der Waals surface area contributed by atoms with Crippen LogP contribution in [0.15, 0.2) is 5.16 Å². The number of carbonyl (C=O) groups excluding carboxylic acids is 3. The van der Waals surface area contributed by atoms with Gasteiger partial charge in [0, 0.05) is 6.42 Å². The van der Waals surface area contributed by atoms with E-state index in [1.54, 1.807) is 34.6 Å². The number of nitrogens with one attached hydrogen (secondary N) is 2. The fraction of sp³-hybridized carbons (Fsp3) is 0.789. The molecule has 0 aromatic heterocycles. The molecule has 1 heterocycles. The van der Waals surface area contributed by atoms with Gasteiger partial charge in [0.05, 0.1) is 6.10 Å². The van der Waals surface area contributed by atoms with Crippen LogP contribution in [0.1, 0.15) is 61.3 Å². The van der Waals surface area contributed by atoms with Crippen LogP contribution in [0.5, 0.6) is 0 Å². The van der Waals surface area contributed by atoms with Crippen LogP contribution in [0, 0.1) is 5.92 Å². The van der Waals surface area contributed by atoms with Gasteiger partial charge in [-0.15, -0.1) is 0 Å². The Morgan fingerprint density at radius 3 is 2.28 bits per heavy atom. The number of ether oxygens (including phenoxy) is 2. The van der Waals surface area contributed by atoms with Crippen molar-refractivity contribution in [3.05, 3.63) is 0 Å². The number of nitrogens with zero attached hydrogens (tertiary/aromatic N) is 1. The molecule has 10 heteroatoms. The lowest BCUT2D eigenvalue weighted by Crippen LogP contribution is -2.56. The molecule has 0 aromatic rings. The van der Waals surface area contributed by atoms with Crippen molar-refractivity contribution < 1.29 is 28.7 Å². The van der Waals surface area contributed by atoms with Gasteiger partial charge in [-0.2, -0.15) is 0 Å². The fourth-order valence-corrected chi connectivity index (χ4v) is 2.75. The summed E-state index contributed by atoms with van der Waals surface area (Å²) in [5.74, 6) is -1.12. The Balaban J connectivity index is 2.92. The van der Waals surface area contributed by atoms with Gasteiger partial charge in [0.1, 0.15) is 16.8 Å². The van der Waals surface area contributed by atoms with Crippen molar-refractivity contribution in [1.82, 2.24) is 10.6 Å². The van der Waals surface area contributed by atoms with Gasteiger partial charge < -0.3 is 24.9 Å². The number of oxime groups is 1. The molecule has 1 rings (SSSR count). The Morgan fingerprint density at radius 2 is 1.83 bits per heavy atom. The molecule has 0 radical (unpaired) electrons. The number of halogens is 1. The molecule has 1 aliphatic rings. The van der Waals surface area contributed by atoms with Crippen molar-refractivity contribution in [2.45, 2.75) is 91.2 Å².